The second-order valence-corrected chi connectivity index (χ2v) is 6.24. The number of rotatable bonds is 5. The van der Waals surface area contributed by atoms with E-state index in [2.05, 4.69) is 21.5 Å². The molecule has 134 valence electrons. The number of hydrogen-bond acceptors (Lipinski definition) is 3. The Balaban J connectivity index is 2.01. The Morgan fingerprint density at radius 2 is 1.78 bits per heavy atom. The van der Waals surface area contributed by atoms with Gasteiger partial charge in [0.25, 0.3) is 0 Å². The molecule has 0 unspecified atom stereocenters. The number of ether oxygens (including phenoxy) is 1. The van der Waals surface area contributed by atoms with Crippen molar-refractivity contribution in [3.8, 4) is 11.3 Å². The molecule has 0 atom stereocenters. The van der Waals surface area contributed by atoms with Crippen LogP contribution >= 0.6 is 0 Å². The molecule has 3 aromatic heterocycles. The van der Waals surface area contributed by atoms with E-state index >= 15 is 0 Å². The number of aromatic nitrogens is 2. The van der Waals surface area contributed by atoms with Crippen LogP contribution in [0, 0.1) is 0 Å². The number of carbonyl (C=O) groups is 1. The Kier molecular flexibility index (Phi) is 4.71. The maximum atomic E-state index is 12.9. The Bertz CT molecular complexity index is 1070. The molecule has 27 heavy (non-hydrogen) atoms. The van der Waals surface area contributed by atoms with E-state index in [1.165, 1.54) is 0 Å². The molecule has 0 N–H and O–H groups in total. The zero-order valence-corrected chi connectivity index (χ0v) is 15.1. The molecule has 0 radical (unpaired) electrons. The largest absolute Gasteiger partial charge is 0.462 e. The lowest BCUT2D eigenvalue weighted by Crippen LogP contribution is -2.08. The van der Waals surface area contributed by atoms with Gasteiger partial charge in [0.05, 0.1) is 23.4 Å². The van der Waals surface area contributed by atoms with Gasteiger partial charge in [-0.1, -0.05) is 42.5 Å². The first-order valence-electron chi connectivity index (χ1n) is 9.04. The standard InChI is InChI=1S/C23H20N2O2/c1-2-27-23(26)21-19(16-18-12-6-8-14-24-18)22(17-10-4-3-5-11-17)25-15-9-7-13-20(21)25/h3-15H,2,16H2,1H3. The van der Waals surface area contributed by atoms with E-state index in [1.54, 1.807) is 6.20 Å². The molecule has 4 heteroatoms. The Morgan fingerprint density at radius 3 is 2.52 bits per heavy atom. The van der Waals surface area contributed by atoms with Crippen molar-refractivity contribution < 1.29 is 9.53 Å². The van der Waals surface area contributed by atoms with E-state index in [9.17, 15) is 4.79 Å². The molecular formula is C23H20N2O2. The molecule has 0 bridgehead atoms. The molecule has 0 aliphatic carbocycles. The summed E-state index contributed by atoms with van der Waals surface area (Å²) in [6.45, 7) is 2.17. The first kappa shape index (κ1) is 17.0. The van der Waals surface area contributed by atoms with Gasteiger partial charge < -0.3 is 9.14 Å². The van der Waals surface area contributed by atoms with E-state index < -0.39 is 0 Å². The van der Waals surface area contributed by atoms with Gasteiger partial charge in [0, 0.05) is 24.5 Å². The van der Waals surface area contributed by atoms with E-state index in [0.717, 1.165) is 28.0 Å². The Labute approximate surface area is 158 Å². The molecule has 3 heterocycles. The molecule has 0 amide bonds. The number of nitrogens with zero attached hydrogens (tertiary/aromatic N) is 2. The van der Waals surface area contributed by atoms with Crippen molar-refractivity contribution in [3.63, 3.8) is 0 Å². The van der Waals surface area contributed by atoms with Crippen LogP contribution in [-0.4, -0.2) is 22.0 Å². The van der Waals surface area contributed by atoms with Gasteiger partial charge in [0.15, 0.2) is 0 Å². The van der Waals surface area contributed by atoms with Crippen LogP contribution in [0.25, 0.3) is 16.8 Å². The van der Waals surface area contributed by atoms with Crippen LogP contribution in [0.1, 0.15) is 28.5 Å². The molecule has 4 nitrogen and oxygen atoms in total. The van der Waals surface area contributed by atoms with Gasteiger partial charge in [-0.05, 0) is 42.3 Å². The molecule has 4 rings (SSSR count). The third-order valence-electron chi connectivity index (χ3n) is 4.56. The molecule has 0 aliphatic heterocycles. The van der Waals surface area contributed by atoms with Gasteiger partial charge >= 0.3 is 5.97 Å². The summed E-state index contributed by atoms with van der Waals surface area (Å²) in [6, 6.07) is 21.8. The van der Waals surface area contributed by atoms with Crippen molar-refractivity contribution >= 4 is 11.5 Å². The predicted molar refractivity (Wildman–Crippen MR) is 106 cm³/mol. The first-order valence-corrected chi connectivity index (χ1v) is 9.04. The summed E-state index contributed by atoms with van der Waals surface area (Å²) in [4.78, 5) is 17.3. The van der Waals surface area contributed by atoms with Gasteiger partial charge in [-0.3, -0.25) is 4.98 Å². The minimum absolute atomic E-state index is 0.297. The summed E-state index contributed by atoms with van der Waals surface area (Å²) in [5.41, 5.74) is 5.36. The van der Waals surface area contributed by atoms with Gasteiger partial charge in [-0.15, -0.1) is 0 Å². The summed E-state index contributed by atoms with van der Waals surface area (Å²) in [7, 11) is 0. The fourth-order valence-electron chi connectivity index (χ4n) is 3.46. The number of fused-ring (bicyclic) bond motifs is 1. The lowest BCUT2D eigenvalue weighted by atomic mass is 9.99. The van der Waals surface area contributed by atoms with Crippen molar-refractivity contribution in [2.75, 3.05) is 6.61 Å². The van der Waals surface area contributed by atoms with Crippen LogP contribution < -0.4 is 0 Å². The van der Waals surface area contributed by atoms with Gasteiger partial charge in [-0.2, -0.15) is 0 Å². The van der Waals surface area contributed by atoms with Crippen LogP contribution in [-0.2, 0) is 11.2 Å². The Morgan fingerprint density at radius 1 is 1.00 bits per heavy atom. The third-order valence-corrected chi connectivity index (χ3v) is 4.56. The summed E-state index contributed by atoms with van der Waals surface area (Å²) in [6.07, 6.45) is 4.32. The minimum atomic E-state index is -0.297. The summed E-state index contributed by atoms with van der Waals surface area (Å²) >= 11 is 0. The highest BCUT2D eigenvalue weighted by atomic mass is 16.5. The SMILES string of the molecule is CCOC(=O)c1c(Cc2ccccn2)c(-c2ccccc2)n2ccccc12. The number of carbonyl (C=O) groups excluding carboxylic acids is 1. The number of esters is 1. The van der Waals surface area contributed by atoms with E-state index in [-0.39, 0.29) is 5.97 Å². The number of hydrogen-bond donors (Lipinski definition) is 0. The third kappa shape index (κ3) is 3.22. The van der Waals surface area contributed by atoms with Crippen LogP contribution in [0.15, 0.2) is 79.1 Å². The van der Waals surface area contributed by atoms with Gasteiger partial charge in [-0.25, -0.2) is 4.79 Å². The first-order chi connectivity index (χ1) is 13.3. The van der Waals surface area contributed by atoms with E-state index in [1.807, 2.05) is 67.7 Å². The van der Waals surface area contributed by atoms with Crippen molar-refractivity contribution in [2.24, 2.45) is 0 Å². The Hall–Kier alpha value is -3.40. The van der Waals surface area contributed by atoms with Crippen molar-refractivity contribution in [1.29, 1.82) is 0 Å². The van der Waals surface area contributed by atoms with E-state index in [4.69, 9.17) is 4.74 Å². The summed E-state index contributed by atoms with van der Waals surface area (Å²) in [5.74, 6) is -0.297. The fraction of sp³-hybridized carbons (Fsp3) is 0.130. The minimum Gasteiger partial charge on any atom is -0.462 e. The molecular weight excluding hydrogens is 336 g/mol. The zero-order chi connectivity index (χ0) is 18.6. The zero-order valence-electron chi connectivity index (χ0n) is 15.1. The quantitative estimate of drug-likeness (QED) is 0.484. The molecule has 0 saturated heterocycles. The molecule has 4 aromatic rings. The van der Waals surface area contributed by atoms with Crippen LogP contribution in [0.5, 0.6) is 0 Å². The number of pyridine rings is 2. The number of benzene rings is 1. The summed E-state index contributed by atoms with van der Waals surface area (Å²) < 4.78 is 7.46. The fourth-order valence-corrected chi connectivity index (χ4v) is 3.46. The van der Waals surface area contributed by atoms with Crippen LogP contribution in [0.3, 0.4) is 0 Å². The maximum absolute atomic E-state index is 12.9. The lowest BCUT2D eigenvalue weighted by molar-refractivity contribution is 0.0528. The second kappa shape index (κ2) is 7.46. The van der Waals surface area contributed by atoms with Crippen LogP contribution in [0.4, 0.5) is 0 Å². The molecule has 0 fully saturated rings. The van der Waals surface area contributed by atoms with Gasteiger partial charge in [0.1, 0.15) is 0 Å². The monoisotopic (exact) mass is 356 g/mol. The highest BCUT2D eigenvalue weighted by Gasteiger charge is 2.25. The van der Waals surface area contributed by atoms with Crippen LogP contribution in [0.2, 0.25) is 0 Å². The highest BCUT2D eigenvalue weighted by molar-refractivity contribution is 6.02. The molecule has 0 spiro atoms. The van der Waals surface area contributed by atoms with Gasteiger partial charge in [0.2, 0.25) is 0 Å². The molecule has 0 aliphatic rings. The molecule has 0 saturated carbocycles. The molecule has 1 aromatic carbocycles. The van der Waals surface area contributed by atoms with E-state index in [0.29, 0.717) is 18.6 Å². The average Bonchev–Trinajstić information content (AvgIpc) is 3.03. The topological polar surface area (TPSA) is 43.6 Å². The predicted octanol–water partition coefficient (Wildman–Crippen LogP) is 4.77. The average molecular weight is 356 g/mol. The second-order valence-electron chi connectivity index (χ2n) is 6.24. The van der Waals surface area contributed by atoms with Crippen molar-refractivity contribution in [1.82, 2.24) is 9.38 Å². The smallest absolute Gasteiger partial charge is 0.340 e. The maximum Gasteiger partial charge on any atom is 0.340 e. The van der Waals surface area contributed by atoms with Crippen molar-refractivity contribution in [2.45, 2.75) is 13.3 Å². The summed E-state index contributed by atoms with van der Waals surface area (Å²) in [5, 5.41) is 0. The lowest BCUT2D eigenvalue weighted by Gasteiger charge is -2.08. The van der Waals surface area contributed by atoms with Crippen molar-refractivity contribution in [3.05, 3.63) is 95.9 Å². The highest BCUT2D eigenvalue weighted by Crippen LogP contribution is 2.34. The normalized spacial score (nSPS) is 10.9.